The molecule has 2 nitrogen and oxygen atoms in total. The third-order valence-corrected chi connectivity index (χ3v) is 3.79. The van der Waals surface area contributed by atoms with Gasteiger partial charge in [0.05, 0.1) is 6.61 Å². The van der Waals surface area contributed by atoms with Gasteiger partial charge in [0.15, 0.2) is 0 Å². The summed E-state index contributed by atoms with van der Waals surface area (Å²) in [6.07, 6.45) is 0. The van der Waals surface area contributed by atoms with Crippen LogP contribution in [0.15, 0.2) is 78.9 Å². The molecule has 0 aliphatic carbocycles. The van der Waals surface area contributed by atoms with Gasteiger partial charge in [0.2, 0.25) is 0 Å². The van der Waals surface area contributed by atoms with Crippen LogP contribution in [0.5, 0.6) is 0 Å². The fraction of sp³-hybridized carbons (Fsp3) is 0.100. The van der Waals surface area contributed by atoms with Crippen molar-refractivity contribution in [2.24, 2.45) is 0 Å². The Hall–Kier alpha value is -2.58. The topological polar surface area (TPSA) is 23.5 Å². The second kappa shape index (κ2) is 6.46. The van der Waals surface area contributed by atoms with Crippen molar-refractivity contribution in [1.82, 2.24) is 0 Å². The van der Waals surface area contributed by atoms with Gasteiger partial charge in [-0.2, -0.15) is 0 Å². The maximum Gasteiger partial charge on any atom is 0.0685 e. The number of aryl methyl sites for hydroxylation is 1. The van der Waals surface area contributed by atoms with Gasteiger partial charge in [0.1, 0.15) is 0 Å². The molecule has 0 atom stereocenters. The highest BCUT2D eigenvalue weighted by Gasteiger charge is 2.12. The van der Waals surface area contributed by atoms with Crippen molar-refractivity contribution in [3.05, 3.63) is 90.0 Å². The average Bonchev–Trinajstić information content (AvgIpc) is 2.58. The Kier molecular flexibility index (Phi) is 4.22. The van der Waals surface area contributed by atoms with Gasteiger partial charge in [-0.25, -0.2) is 0 Å². The van der Waals surface area contributed by atoms with Crippen molar-refractivity contribution in [1.29, 1.82) is 0 Å². The van der Waals surface area contributed by atoms with Gasteiger partial charge in [-0.3, -0.25) is 0 Å². The normalized spacial score (nSPS) is 10.5. The number of anilines is 3. The molecule has 0 heterocycles. The van der Waals surface area contributed by atoms with E-state index in [1.165, 1.54) is 0 Å². The van der Waals surface area contributed by atoms with Gasteiger partial charge in [-0.05, 0) is 54.4 Å². The predicted molar refractivity (Wildman–Crippen MR) is 91.8 cm³/mol. The molecule has 0 radical (unpaired) electrons. The summed E-state index contributed by atoms with van der Waals surface area (Å²) in [6, 6.07) is 26.7. The molecule has 0 unspecified atom stereocenters. The number of hydrogen-bond acceptors (Lipinski definition) is 2. The van der Waals surface area contributed by atoms with E-state index in [9.17, 15) is 5.11 Å². The second-order valence-corrected chi connectivity index (χ2v) is 5.28. The van der Waals surface area contributed by atoms with Gasteiger partial charge in [-0.15, -0.1) is 0 Å². The molecule has 0 bridgehead atoms. The maximum atomic E-state index is 9.55. The summed E-state index contributed by atoms with van der Waals surface area (Å²) >= 11 is 0. The van der Waals surface area contributed by atoms with E-state index in [0.29, 0.717) is 0 Å². The first-order chi connectivity index (χ1) is 10.8. The molecule has 3 aromatic rings. The number of nitrogens with zero attached hydrogens (tertiary/aromatic N) is 1. The Morgan fingerprint density at radius 3 is 1.77 bits per heavy atom. The Labute approximate surface area is 131 Å². The molecule has 22 heavy (non-hydrogen) atoms. The molecule has 0 aromatic heterocycles. The molecule has 1 N–H and O–H groups in total. The summed E-state index contributed by atoms with van der Waals surface area (Å²) in [5.41, 5.74) is 5.30. The van der Waals surface area contributed by atoms with E-state index in [1.807, 2.05) is 43.3 Å². The van der Waals surface area contributed by atoms with E-state index < -0.39 is 0 Å². The molecule has 0 saturated carbocycles. The zero-order valence-electron chi connectivity index (χ0n) is 12.6. The highest BCUT2D eigenvalue weighted by molar-refractivity contribution is 5.76. The van der Waals surface area contributed by atoms with Crippen LogP contribution >= 0.6 is 0 Å². The summed E-state index contributed by atoms with van der Waals surface area (Å²) in [5.74, 6) is 0. The van der Waals surface area contributed by atoms with Crippen LogP contribution in [0.1, 0.15) is 11.1 Å². The standard InChI is InChI=1S/C20H19NO/c1-16-12-13-20(14-17(16)15-22)21(18-8-4-2-5-9-18)19-10-6-3-7-11-19/h2-14,22H,15H2,1H3. The van der Waals surface area contributed by atoms with Crippen molar-refractivity contribution < 1.29 is 5.11 Å². The molecule has 0 spiro atoms. The van der Waals surface area contributed by atoms with E-state index in [1.54, 1.807) is 0 Å². The lowest BCUT2D eigenvalue weighted by atomic mass is 10.1. The third-order valence-electron chi connectivity index (χ3n) is 3.79. The Morgan fingerprint density at radius 2 is 1.27 bits per heavy atom. The number of benzene rings is 3. The molecule has 0 amide bonds. The van der Waals surface area contributed by atoms with Crippen LogP contribution in [0.3, 0.4) is 0 Å². The summed E-state index contributed by atoms with van der Waals surface area (Å²) in [5, 5.41) is 9.55. The zero-order valence-corrected chi connectivity index (χ0v) is 12.6. The lowest BCUT2D eigenvalue weighted by Gasteiger charge is -2.26. The largest absolute Gasteiger partial charge is 0.392 e. The first kappa shape index (κ1) is 14.4. The Balaban J connectivity index is 2.14. The number of aliphatic hydroxyl groups is 1. The van der Waals surface area contributed by atoms with Crippen LogP contribution in [0.25, 0.3) is 0 Å². The molecule has 110 valence electrons. The SMILES string of the molecule is Cc1ccc(N(c2ccccc2)c2ccccc2)cc1CO. The predicted octanol–water partition coefficient (Wildman–Crippen LogP) is 4.96. The van der Waals surface area contributed by atoms with E-state index in [2.05, 4.69) is 47.4 Å². The second-order valence-electron chi connectivity index (χ2n) is 5.28. The van der Waals surface area contributed by atoms with Gasteiger partial charge >= 0.3 is 0 Å². The molecule has 3 aromatic carbocycles. The van der Waals surface area contributed by atoms with E-state index in [4.69, 9.17) is 0 Å². The zero-order chi connectivity index (χ0) is 15.4. The van der Waals surface area contributed by atoms with Crippen molar-refractivity contribution in [2.45, 2.75) is 13.5 Å². The molecular formula is C20H19NO. The van der Waals surface area contributed by atoms with Crippen LogP contribution in [0.2, 0.25) is 0 Å². The molecular weight excluding hydrogens is 270 g/mol. The Bertz CT molecular complexity index is 699. The fourth-order valence-corrected chi connectivity index (χ4v) is 2.57. The molecule has 0 aliphatic heterocycles. The van der Waals surface area contributed by atoms with Crippen molar-refractivity contribution in [3.63, 3.8) is 0 Å². The van der Waals surface area contributed by atoms with E-state index >= 15 is 0 Å². The monoisotopic (exact) mass is 289 g/mol. The van der Waals surface area contributed by atoms with Gasteiger partial charge in [-0.1, -0.05) is 42.5 Å². The van der Waals surface area contributed by atoms with E-state index in [-0.39, 0.29) is 6.61 Å². The number of hydrogen-bond donors (Lipinski definition) is 1. The van der Waals surface area contributed by atoms with Crippen LogP contribution in [-0.4, -0.2) is 5.11 Å². The highest BCUT2D eigenvalue weighted by Crippen LogP contribution is 2.34. The molecule has 0 aliphatic rings. The lowest BCUT2D eigenvalue weighted by molar-refractivity contribution is 0.281. The molecule has 0 saturated heterocycles. The summed E-state index contributed by atoms with van der Waals surface area (Å²) in [7, 11) is 0. The molecule has 2 heteroatoms. The number of para-hydroxylation sites is 2. The number of rotatable bonds is 4. The van der Waals surface area contributed by atoms with Crippen molar-refractivity contribution >= 4 is 17.1 Å². The minimum Gasteiger partial charge on any atom is -0.392 e. The minimum atomic E-state index is 0.0527. The van der Waals surface area contributed by atoms with Crippen LogP contribution < -0.4 is 4.90 Å². The first-order valence-electron chi connectivity index (χ1n) is 7.40. The van der Waals surface area contributed by atoms with Gasteiger partial charge in [0, 0.05) is 17.1 Å². The summed E-state index contributed by atoms with van der Waals surface area (Å²) in [6.45, 7) is 2.07. The fourth-order valence-electron chi connectivity index (χ4n) is 2.57. The quantitative estimate of drug-likeness (QED) is 0.734. The van der Waals surface area contributed by atoms with Crippen LogP contribution in [0, 0.1) is 6.92 Å². The molecule has 0 fully saturated rings. The van der Waals surface area contributed by atoms with Crippen molar-refractivity contribution in [2.75, 3.05) is 4.90 Å². The maximum absolute atomic E-state index is 9.55. The average molecular weight is 289 g/mol. The highest BCUT2D eigenvalue weighted by atomic mass is 16.3. The van der Waals surface area contributed by atoms with Gasteiger partial charge < -0.3 is 10.0 Å². The number of aliphatic hydroxyl groups excluding tert-OH is 1. The van der Waals surface area contributed by atoms with Crippen LogP contribution in [-0.2, 0) is 6.61 Å². The van der Waals surface area contributed by atoms with Gasteiger partial charge in [0.25, 0.3) is 0 Å². The van der Waals surface area contributed by atoms with E-state index in [0.717, 1.165) is 28.2 Å². The minimum absolute atomic E-state index is 0.0527. The Morgan fingerprint density at radius 1 is 0.727 bits per heavy atom. The molecule has 3 rings (SSSR count). The third kappa shape index (κ3) is 2.87. The summed E-state index contributed by atoms with van der Waals surface area (Å²) < 4.78 is 0. The van der Waals surface area contributed by atoms with Crippen LogP contribution in [0.4, 0.5) is 17.1 Å². The smallest absolute Gasteiger partial charge is 0.0685 e. The summed E-state index contributed by atoms with van der Waals surface area (Å²) in [4.78, 5) is 2.19. The lowest BCUT2D eigenvalue weighted by Crippen LogP contribution is -2.10. The van der Waals surface area contributed by atoms with Crippen molar-refractivity contribution in [3.8, 4) is 0 Å². The first-order valence-corrected chi connectivity index (χ1v) is 7.40.